The van der Waals surface area contributed by atoms with Crippen LogP contribution in [0.1, 0.15) is 16.5 Å². The van der Waals surface area contributed by atoms with E-state index >= 15 is 0 Å². The van der Waals surface area contributed by atoms with Crippen molar-refractivity contribution in [2.75, 3.05) is 52.5 Å². The molecule has 2 saturated heterocycles. The van der Waals surface area contributed by atoms with Crippen molar-refractivity contribution in [3.63, 3.8) is 0 Å². The number of amides is 1. The molecule has 162 valence electrons. The fourth-order valence-electron chi connectivity index (χ4n) is 3.98. The molecule has 0 bridgehead atoms. The lowest BCUT2D eigenvalue weighted by atomic mass is 10.0. The second-order valence-corrected chi connectivity index (χ2v) is 11.0. The van der Waals surface area contributed by atoms with E-state index in [1.807, 2.05) is 48.2 Å². The van der Waals surface area contributed by atoms with Crippen LogP contribution in [-0.4, -0.2) is 80.9 Å². The van der Waals surface area contributed by atoms with E-state index in [4.69, 9.17) is 4.74 Å². The van der Waals surface area contributed by atoms with Crippen molar-refractivity contribution in [2.24, 2.45) is 0 Å². The predicted molar refractivity (Wildman–Crippen MR) is 116 cm³/mol. The summed E-state index contributed by atoms with van der Waals surface area (Å²) in [4.78, 5) is 18.3. The molecular weight excluding hydrogens is 422 g/mol. The molecular formula is C21H27N3O4S2. The Morgan fingerprint density at radius 1 is 0.967 bits per heavy atom. The molecule has 2 aliphatic heterocycles. The number of nitrogens with zero attached hydrogens (tertiary/aromatic N) is 3. The molecule has 0 saturated carbocycles. The molecule has 1 amide bonds. The average Bonchev–Trinajstić information content (AvgIpc) is 3.23. The summed E-state index contributed by atoms with van der Waals surface area (Å²) in [6.07, 6.45) is 0. The molecule has 2 fully saturated rings. The van der Waals surface area contributed by atoms with Crippen LogP contribution in [0.4, 0.5) is 0 Å². The maximum Gasteiger partial charge on any atom is 0.252 e. The van der Waals surface area contributed by atoms with Gasteiger partial charge in [0, 0.05) is 44.1 Å². The highest BCUT2D eigenvalue weighted by atomic mass is 32.2. The van der Waals surface area contributed by atoms with Gasteiger partial charge in [-0.2, -0.15) is 4.31 Å². The smallest absolute Gasteiger partial charge is 0.252 e. The van der Waals surface area contributed by atoms with Crippen molar-refractivity contribution in [3.05, 3.63) is 52.9 Å². The van der Waals surface area contributed by atoms with Gasteiger partial charge in [0.2, 0.25) is 5.91 Å². The van der Waals surface area contributed by atoms with Crippen molar-refractivity contribution in [1.29, 1.82) is 0 Å². The Hall–Kier alpha value is -1.78. The molecule has 7 nitrogen and oxygen atoms in total. The van der Waals surface area contributed by atoms with Crippen LogP contribution >= 0.6 is 11.3 Å². The molecule has 0 aliphatic carbocycles. The minimum absolute atomic E-state index is 0.0645. The van der Waals surface area contributed by atoms with Crippen LogP contribution in [-0.2, 0) is 19.6 Å². The third-order valence-electron chi connectivity index (χ3n) is 5.62. The summed E-state index contributed by atoms with van der Waals surface area (Å²) in [7, 11) is -3.48. The van der Waals surface area contributed by atoms with Crippen LogP contribution in [0.25, 0.3) is 0 Å². The number of hydrogen-bond donors (Lipinski definition) is 0. The van der Waals surface area contributed by atoms with E-state index in [-0.39, 0.29) is 5.91 Å². The number of carbonyl (C=O) groups excluding carboxylic acids is 1. The highest BCUT2D eigenvalue weighted by molar-refractivity contribution is 7.91. The van der Waals surface area contributed by atoms with Gasteiger partial charge < -0.3 is 9.64 Å². The third kappa shape index (κ3) is 4.45. The standard InChI is InChI=1S/C21H27N3O4S2/c1-17-7-8-19(29-17)30(26,27)24-11-9-22(10-12-24)20(18-5-3-2-4-6-18)21(25)23-13-15-28-16-14-23/h2-8,20H,9-16H2,1H3. The molecule has 0 radical (unpaired) electrons. The van der Waals surface area contributed by atoms with E-state index in [2.05, 4.69) is 4.90 Å². The van der Waals surface area contributed by atoms with E-state index in [9.17, 15) is 13.2 Å². The van der Waals surface area contributed by atoms with E-state index < -0.39 is 16.1 Å². The number of thiophene rings is 1. The molecule has 3 heterocycles. The Balaban J connectivity index is 1.51. The molecule has 4 rings (SSSR count). The number of benzene rings is 1. The van der Waals surface area contributed by atoms with Crippen molar-refractivity contribution >= 4 is 27.3 Å². The fourth-order valence-corrected chi connectivity index (χ4v) is 6.84. The van der Waals surface area contributed by atoms with E-state index in [0.717, 1.165) is 10.4 Å². The number of piperazine rings is 1. The highest BCUT2D eigenvalue weighted by Gasteiger charge is 2.36. The second kappa shape index (κ2) is 9.15. The van der Waals surface area contributed by atoms with Gasteiger partial charge in [-0.3, -0.25) is 9.69 Å². The SMILES string of the molecule is Cc1ccc(S(=O)(=O)N2CCN(C(C(=O)N3CCOCC3)c3ccccc3)CC2)s1. The van der Waals surface area contributed by atoms with Gasteiger partial charge >= 0.3 is 0 Å². The van der Waals surface area contributed by atoms with Crippen LogP contribution in [0.3, 0.4) is 0 Å². The van der Waals surface area contributed by atoms with Gasteiger partial charge in [0.1, 0.15) is 10.3 Å². The summed E-state index contributed by atoms with van der Waals surface area (Å²) >= 11 is 1.30. The van der Waals surface area contributed by atoms with Crippen LogP contribution in [0.15, 0.2) is 46.7 Å². The number of hydrogen-bond acceptors (Lipinski definition) is 6. The van der Waals surface area contributed by atoms with Crippen molar-refractivity contribution in [1.82, 2.24) is 14.1 Å². The summed E-state index contributed by atoms with van der Waals surface area (Å²) in [6.45, 7) is 5.97. The zero-order valence-corrected chi connectivity index (χ0v) is 18.7. The molecule has 1 aromatic carbocycles. The normalized spacial score (nSPS) is 20.2. The van der Waals surface area contributed by atoms with Crippen LogP contribution in [0.5, 0.6) is 0 Å². The first kappa shape index (κ1) is 21.5. The fraction of sp³-hybridized carbons (Fsp3) is 0.476. The molecule has 30 heavy (non-hydrogen) atoms. The largest absolute Gasteiger partial charge is 0.378 e. The van der Waals surface area contributed by atoms with E-state index in [1.165, 1.54) is 15.6 Å². The third-order valence-corrected chi connectivity index (χ3v) is 8.99. The second-order valence-electron chi connectivity index (χ2n) is 7.56. The highest BCUT2D eigenvalue weighted by Crippen LogP contribution is 2.29. The summed E-state index contributed by atoms with van der Waals surface area (Å²) in [5.41, 5.74) is 0.944. The van der Waals surface area contributed by atoms with E-state index in [0.29, 0.717) is 56.7 Å². The quantitative estimate of drug-likeness (QED) is 0.698. The lowest BCUT2D eigenvalue weighted by Gasteiger charge is -2.40. The van der Waals surface area contributed by atoms with Gasteiger partial charge in [-0.25, -0.2) is 8.42 Å². The Morgan fingerprint density at radius 3 is 2.23 bits per heavy atom. The monoisotopic (exact) mass is 449 g/mol. The Kier molecular flexibility index (Phi) is 6.54. The molecule has 9 heteroatoms. The van der Waals surface area contributed by atoms with Gasteiger partial charge in [0.15, 0.2) is 0 Å². The molecule has 1 unspecified atom stereocenters. The number of ether oxygens (including phenoxy) is 1. The Bertz CT molecular complexity index is 963. The lowest BCUT2D eigenvalue weighted by Crippen LogP contribution is -2.53. The van der Waals surface area contributed by atoms with Crippen LogP contribution in [0.2, 0.25) is 0 Å². The summed E-state index contributed by atoms with van der Waals surface area (Å²) in [5.74, 6) is 0.0645. The number of carbonyl (C=O) groups is 1. The van der Waals surface area contributed by atoms with Gasteiger partial charge in [-0.05, 0) is 24.6 Å². The van der Waals surface area contributed by atoms with Crippen molar-refractivity contribution in [2.45, 2.75) is 17.2 Å². The molecule has 1 atom stereocenters. The van der Waals surface area contributed by atoms with Gasteiger partial charge in [0.25, 0.3) is 10.0 Å². The molecule has 2 aromatic rings. The summed E-state index contributed by atoms with van der Waals surface area (Å²) in [5, 5.41) is 0. The zero-order valence-electron chi connectivity index (χ0n) is 17.1. The topological polar surface area (TPSA) is 70.2 Å². The first-order valence-electron chi connectivity index (χ1n) is 10.2. The Labute approximate surface area is 181 Å². The summed E-state index contributed by atoms with van der Waals surface area (Å²) in [6, 6.07) is 12.9. The average molecular weight is 450 g/mol. The van der Waals surface area contributed by atoms with Gasteiger partial charge in [0.05, 0.1) is 13.2 Å². The molecule has 1 aromatic heterocycles. The van der Waals surface area contributed by atoms with Crippen LogP contribution in [0, 0.1) is 6.92 Å². The molecule has 2 aliphatic rings. The maximum absolute atomic E-state index is 13.4. The first-order chi connectivity index (χ1) is 14.5. The minimum atomic E-state index is -3.48. The predicted octanol–water partition coefficient (Wildman–Crippen LogP) is 1.96. The van der Waals surface area contributed by atoms with Gasteiger partial charge in [-0.15, -0.1) is 11.3 Å². The minimum Gasteiger partial charge on any atom is -0.378 e. The van der Waals surface area contributed by atoms with Gasteiger partial charge in [-0.1, -0.05) is 30.3 Å². The molecule has 0 spiro atoms. The maximum atomic E-state index is 13.4. The van der Waals surface area contributed by atoms with Crippen molar-refractivity contribution < 1.29 is 17.9 Å². The zero-order chi connectivity index (χ0) is 21.1. The lowest BCUT2D eigenvalue weighted by molar-refractivity contribution is -0.142. The molecule has 0 N–H and O–H groups in total. The van der Waals surface area contributed by atoms with Crippen LogP contribution < -0.4 is 0 Å². The van der Waals surface area contributed by atoms with E-state index in [1.54, 1.807) is 6.07 Å². The van der Waals surface area contributed by atoms with Crippen molar-refractivity contribution in [3.8, 4) is 0 Å². The summed E-state index contributed by atoms with van der Waals surface area (Å²) < 4.78 is 33.2. The number of rotatable bonds is 5. The number of morpholine rings is 1. The number of aryl methyl sites for hydroxylation is 1. The number of sulfonamides is 1. The Morgan fingerprint density at radius 2 is 1.63 bits per heavy atom. The first-order valence-corrected chi connectivity index (χ1v) is 12.4.